The van der Waals surface area contributed by atoms with Gasteiger partial charge in [-0.25, -0.2) is 0 Å². The lowest BCUT2D eigenvalue weighted by Gasteiger charge is -2.30. The summed E-state index contributed by atoms with van der Waals surface area (Å²) < 4.78 is 5.06. The molecule has 0 aliphatic rings. The van der Waals surface area contributed by atoms with Crippen LogP contribution in [0.1, 0.15) is 39.7 Å². The van der Waals surface area contributed by atoms with E-state index in [4.69, 9.17) is 10.3 Å². The zero-order valence-corrected chi connectivity index (χ0v) is 10.8. The Bertz CT molecular complexity index is 287. The Morgan fingerprint density at radius 3 is 2.56 bits per heavy atom. The number of hydrogen-bond acceptors (Lipinski definition) is 3. The molecule has 3 N–H and O–H groups in total. The third kappa shape index (κ3) is 3.99. The molecular weight excluding hydrogens is 200 g/mol. The summed E-state index contributed by atoms with van der Waals surface area (Å²) in [6, 6.07) is 2.30. The minimum atomic E-state index is 0.312. The minimum Gasteiger partial charge on any atom is -0.472 e. The molecule has 0 amide bonds. The van der Waals surface area contributed by atoms with E-state index in [1.54, 1.807) is 12.5 Å². The summed E-state index contributed by atoms with van der Waals surface area (Å²) in [5.74, 6) is 6.23. The number of rotatable bonds is 5. The van der Waals surface area contributed by atoms with Crippen molar-refractivity contribution < 1.29 is 4.42 Å². The first kappa shape index (κ1) is 13.3. The van der Waals surface area contributed by atoms with E-state index < -0.39 is 0 Å². The van der Waals surface area contributed by atoms with Crippen LogP contribution in [0.4, 0.5) is 0 Å². The molecule has 1 rings (SSSR count). The molecule has 16 heavy (non-hydrogen) atoms. The molecule has 0 spiro atoms. The second-order valence-electron chi connectivity index (χ2n) is 5.70. The van der Waals surface area contributed by atoms with Gasteiger partial charge in [0.2, 0.25) is 0 Å². The van der Waals surface area contributed by atoms with Crippen molar-refractivity contribution in [2.24, 2.45) is 17.2 Å². The molecule has 0 saturated heterocycles. The van der Waals surface area contributed by atoms with E-state index in [-0.39, 0.29) is 0 Å². The Morgan fingerprint density at radius 2 is 2.12 bits per heavy atom. The van der Waals surface area contributed by atoms with Crippen molar-refractivity contribution >= 4 is 0 Å². The van der Waals surface area contributed by atoms with Crippen molar-refractivity contribution in [3.05, 3.63) is 24.2 Å². The van der Waals surface area contributed by atoms with E-state index >= 15 is 0 Å². The van der Waals surface area contributed by atoms with Crippen molar-refractivity contribution in [2.45, 2.75) is 46.6 Å². The van der Waals surface area contributed by atoms with Crippen LogP contribution in [0.3, 0.4) is 0 Å². The zero-order valence-electron chi connectivity index (χ0n) is 10.8. The first-order valence-electron chi connectivity index (χ1n) is 5.90. The van der Waals surface area contributed by atoms with Gasteiger partial charge >= 0.3 is 0 Å². The lowest BCUT2D eigenvalue weighted by Crippen LogP contribution is -2.39. The van der Waals surface area contributed by atoms with Crippen LogP contribution in [0, 0.1) is 11.3 Å². The normalized spacial score (nSPS) is 16.1. The fourth-order valence-electron chi connectivity index (χ4n) is 1.68. The fraction of sp³-hybridized carbons (Fsp3) is 0.692. The average molecular weight is 224 g/mol. The van der Waals surface area contributed by atoms with E-state index in [0.29, 0.717) is 17.4 Å². The smallest absolute Gasteiger partial charge is 0.0935 e. The van der Waals surface area contributed by atoms with E-state index in [2.05, 4.69) is 33.1 Å². The topological polar surface area (TPSA) is 51.2 Å². The Balaban J connectivity index is 2.49. The van der Waals surface area contributed by atoms with Gasteiger partial charge in [-0.3, -0.25) is 11.3 Å². The second-order valence-corrected chi connectivity index (χ2v) is 5.70. The van der Waals surface area contributed by atoms with Crippen LogP contribution in [-0.2, 0) is 6.42 Å². The number of nitrogens with two attached hydrogens (primary N) is 1. The van der Waals surface area contributed by atoms with Gasteiger partial charge in [-0.2, -0.15) is 0 Å². The zero-order chi connectivity index (χ0) is 12.2. The highest BCUT2D eigenvalue weighted by molar-refractivity contribution is 5.07. The van der Waals surface area contributed by atoms with Crippen LogP contribution in [0.5, 0.6) is 0 Å². The largest absolute Gasteiger partial charge is 0.472 e. The van der Waals surface area contributed by atoms with Crippen LogP contribution in [-0.4, -0.2) is 6.04 Å². The SMILES string of the molecule is CC(CC(Cc1ccoc1)NN)C(C)(C)C. The lowest BCUT2D eigenvalue weighted by atomic mass is 9.78. The van der Waals surface area contributed by atoms with Gasteiger partial charge < -0.3 is 4.42 Å². The Morgan fingerprint density at radius 1 is 1.44 bits per heavy atom. The average Bonchev–Trinajstić information content (AvgIpc) is 2.67. The molecule has 1 aromatic heterocycles. The van der Waals surface area contributed by atoms with Gasteiger partial charge in [0.25, 0.3) is 0 Å². The summed E-state index contributed by atoms with van der Waals surface area (Å²) in [6.45, 7) is 9.08. The van der Waals surface area contributed by atoms with Crippen LogP contribution in [0.2, 0.25) is 0 Å². The molecule has 0 aliphatic heterocycles. The van der Waals surface area contributed by atoms with E-state index in [1.807, 2.05) is 6.07 Å². The number of nitrogens with one attached hydrogen (secondary N) is 1. The quantitative estimate of drug-likeness (QED) is 0.597. The summed E-state index contributed by atoms with van der Waals surface area (Å²) in [5.41, 5.74) is 4.42. The maximum Gasteiger partial charge on any atom is 0.0935 e. The lowest BCUT2D eigenvalue weighted by molar-refractivity contribution is 0.222. The summed E-state index contributed by atoms with van der Waals surface area (Å²) in [7, 11) is 0. The fourth-order valence-corrected chi connectivity index (χ4v) is 1.68. The number of hydrogen-bond donors (Lipinski definition) is 2. The Labute approximate surface area is 98.4 Å². The summed E-state index contributed by atoms with van der Waals surface area (Å²) in [6.07, 6.45) is 5.49. The molecule has 0 aliphatic carbocycles. The maximum absolute atomic E-state index is 5.60. The van der Waals surface area contributed by atoms with Gasteiger partial charge in [-0.15, -0.1) is 0 Å². The van der Waals surface area contributed by atoms with Gasteiger partial charge in [0.1, 0.15) is 0 Å². The van der Waals surface area contributed by atoms with Gasteiger partial charge in [-0.1, -0.05) is 27.7 Å². The minimum absolute atomic E-state index is 0.312. The summed E-state index contributed by atoms with van der Waals surface area (Å²) in [5, 5.41) is 0. The van der Waals surface area contributed by atoms with Crippen molar-refractivity contribution in [3.8, 4) is 0 Å². The molecule has 2 unspecified atom stereocenters. The monoisotopic (exact) mass is 224 g/mol. The molecular formula is C13H24N2O. The first-order chi connectivity index (χ1) is 7.43. The summed E-state index contributed by atoms with van der Waals surface area (Å²) >= 11 is 0. The molecule has 0 bridgehead atoms. The van der Waals surface area contributed by atoms with Crippen LogP contribution >= 0.6 is 0 Å². The molecule has 3 nitrogen and oxygen atoms in total. The molecule has 92 valence electrons. The van der Waals surface area contributed by atoms with Crippen molar-refractivity contribution in [1.29, 1.82) is 0 Å². The molecule has 0 radical (unpaired) electrons. The van der Waals surface area contributed by atoms with Crippen LogP contribution < -0.4 is 11.3 Å². The molecule has 2 atom stereocenters. The molecule has 1 heterocycles. The maximum atomic E-state index is 5.60. The van der Waals surface area contributed by atoms with Gasteiger partial charge in [0.05, 0.1) is 12.5 Å². The van der Waals surface area contributed by atoms with E-state index in [1.165, 1.54) is 5.56 Å². The third-order valence-electron chi connectivity index (χ3n) is 3.41. The standard InChI is InChI=1S/C13H24N2O/c1-10(13(2,3)4)7-12(15-14)8-11-5-6-16-9-11/h5-6,9-10,12,15H,7-8,14H2,1-4H3. The van der Waals surface area contributed by atoms with Crippen LogP contribution in [0.25, 0.3) is 0 Å². The highest BCUT2D eigenvalue weighted by atomic mass is 16.3. The predicted molar refractivity (Wildman–Crippen MR) is 66.8 cm³/mol. The molecule has 1 aromatic rings. The number of hydrazine groups is 1. The second kappa shape index (κ2) is 5.51. The van der Waals surface area contributed by atoms with Crippen molar-refractivity contribution in [2.75, 3.05) is 0 Å². The van der Waals surface area contributed by atoms with Gasteiger partial charge in [-0.05, 0) is 35.8 Å². The van der Waals surface area contributed by atoms with E-state index in [0.717, 1.165) is 12.8 Å². The summed E-state index contributed by atoms with van der Waals surface area (Å²) in [4.78, 5) is 0. The third-order valence-corrected chi connectivity index (χ3v) is 3.41. The predicted octanol–water partition coefficient (Wildman–Crippen LogP) is 2.73. The molecule has 0 fully saturated rings. The van der Waals surface area contributed by atoms with Crippen molar-refractivity contribution in [3.63, 3.8) is 0 Å². The van der Waals surface area contributed by atoms with Gasteiger partial charge in [0, 0.05) is 6.04 Å². The Hall–Kier alpha value is -0.800. The number of furan rings is 1. The first-order valence-corrected chi connectivity index (χ1v) is 5.90. The Kier molecular flexibility index (Phi) is 4.56. The van der Waals surface area contributed by atoms with Crippen LogP contribution in [0.15, 0.2) is 23.0 Å². The molecule has 3 heteroatoms. The van der Waals surface area contributed by atoms with E-state index in [9.17, 15) is 0 Å². The van der Waals surface area contributed by atoms with Crippen molar-refractivity contribution in [1.82, 2.24) is 5.43 Å². The highest BCUT2D eigenvalue weighted by Gasteiger charge is 2.23. The molecule has 0 saturated carbocycles. The molecule has 0 aromatic carbocycles. The highest BCUT2D eigenvalue weighted by Crippen LogP contribution is 2.29. The van der Waals surface area contributed by atoms with Gasteiger partial charge in [0.15, 0.2) is 0 Å².